The van der Waals surface area contributed by atoms with Crippen molar-refractivity contribution in [3.8, 4) is 0 Å². The summed E-state index contributed by atoms with van der Waals surface area (Å²) in [5.41, 5.74) is 0. The molecular formula is C14H24N2O3. The maximum absolute atomic E-state index is 12.0. The summed E-state index contributed by atoms with van der Waals surface area (Å²) >= 11 is 0. The van der Waals surface area contributed by atoms with Gasteiger partial charge in [-0.25, -0.2) is 0 Å². The number of ether oxygens (including phenoxy) is 1. The predicted molar refractivity (Wildman–Crippen MR) is 71.6 cm³/mol. The van der Waals surface area contributed by atoms with Crippen molar-refractivity contribution in [1.29, 1.82) is 0 Å². The minimum atomic E-state index is -0.332. The summed E-state index contributed by atoms with van der Waals surface area (Å²) in [4.78, 5) is 26.0. The molecule has 1 heterocycles. The van der Waals surface area contributed by atoms with E-state index in [2.05, 4.69) is 10.2 Å². The highest BCUT2D eigenvalue weighted by molar-refractivity contribution is 5.87. The lowest BCUT2D eigenvalue weighted by Crippen LogP contribution is -2.58. The molecule has 0 aromatic rings. The molecule has 0 radical (unpaired) electrons. The number of nitrogens with one attached hydrogen (secondary N) is 1. The number of hydrogen-bond acceptors (Lipinski definition) is 4. The van der Waals surface area contributed by atoms with Gasteiger partial charge < -0.3 is 10.1 Å². The molecule has 1 N–H and O–H groups in total. The molecule has 0 aromatic heterocycles. The molecule has 1 saturated carbocycles. The molecule has 1 atom stereocenters. The Morgan fingerprint density at radius 1 is 1.42 bits per heavy atom. The van der Waals surface area contributed by atoms with Gasteiger partial charge >= 0.3 is 5.97 Å². The van der Waals surface area contributed by atoms with Crippen LogP contribution in [0.15, 0.2) is 0 Å². The van der Waals surface area contributed by atoms with E-state index in [9.17, 15) is 9.59 Å². The minimum Gasteiger partial charge on any atom is -0.466 e. The zero-order valence-electron chi connectivity index (χ0n) is 11.7. The number of carbonyl (C=O) groups is 2. The van der Waals surface area contributed by atoms with Crippen molar-refractivity contribution in [3.63, 3.8) is 0 Å². The van der Waals surface area contributed by atoms with E-state index in [4.69, 9.17) is 4.74 Å². The van der Waals surface area contributed by atoms with Gasteiger partial charge in [-0.3, -0.25) is 14.5 Å². The van der Waals surface area contributed by atoms with Crippen LogP contribution in [0.4, 0.5) is 0 Å². The second-order valence-electron chi connectivity index (χ2n) is 5.41. The van der Waals surface area contributed by atoms with E-state index in [-0.39, 0.29) is 24.3 Å². The van der Waals surface area contributed by atoms with E-state index in [1.165, 1.54) is 12.8 Å². The molecule has 1 aliphatic heterocycles. The molecule has 5 heteroatoms. The van der Waals surface area contributed by atoms with Crippen LogP contribution in [0.3, 0.4) is 0 Å². The maximum Gasteiger partial charge on any atom is 0.307 e. The third-order valence-electron chi connectivity index (χ3n) is 3.99. The summed E-state index contributed by atoms with van der Waals surface area (Å²) in [5, 5.41) is 2.86. The van der Waals surface area contributed by atoms with Crippen LogP contribution in [-0.4, -0.2) is 48.6 Å². The van der Waals surface area contributed by atoms with Crippen molar-refractivity contribution in [2.45, 2.75) is 57.5 Å². The normalized spacial score (nSPS) is 25.3. The van der Waals surface area contributed by atoms with E-state index >= 15 is 0 Å². The first-order chi connectivity index (χ1) is 9.22. The molecular weight excluding hydrogens is 244 g/mol. The molecule has 1 unspecified atom stereocenters. The van der Waals surface area contributed by atoms with Gasteiger partial charge in [-0.05, 0) is 19.3 Å². The molecule has 108 valence electrons. The Balaban J connectivity index is 1.95. The van der Waals surface area contributed by atoms with E-state index in [1.807, 2.05) is 6.92 Å². The second kappa shape index (κ2) is 6.89. The first-order valence-electron chi connectivity index (χ1n) is 7.41. The van der Waals surface area contributed by atoms with Crippen molar-refractivity contribution in [1.82, 2.24) is 10.2 Å². The number of rotatable bonds is 5. The van der Waals surface area contributed by atoms with Crippen LogP contribution in [-0.2, 0) is 14.3 Å². The molecule has 1 saturated heterocycles. The van der Waals surface area contributed by atoms with Gasteiger partial charge in [0.05, 0.1) is 19.1 Å². The molecule has 2 fully saturated rings. The average Bonchev–Trinajstić information content (AvgIpc) is 2.92. The van der Waals surface area contributed by atoms with Gasteiger partial charge in [0.25, 0.3) is 0 Å². The number of hydrogen-bond donors (Lipinski definition) is 1. The van der Waals surface area contributed by atoms with Crippen LogP contribution in [0.2, 0.25) is 0 Å². The molecule has 2 aliphatic rings. The largest absolute Gasteiger partial charge is 0.466 e. The lowest BCUT2D eigenvalue weighted by Gasteiger charge is -2.38. The van der Waals surface area contributed by atoms with Crippen LogP contribution in [0.5, 0.6) is 0 Å². The van der Waals surface area contributed by atoms with E-state index in [0.29, 0.717) is 19.2 Å². The van der Waals surface area contributed by atoms with Crippen molar-refractivity contribution < 1.29 is 14.3 Å². The Hall–Kier alpha value is -1.10. The molecule has 0 bridgehead atoms. The Bertz CT molecular complexity index is 327. The smallest absolute Gasteiger partial charge is 0.307 e. The van der Waals surface area contributed by atoms with E-state index in [0.717, 1.165) is 25.8 Å². The quantitative estimate of drug-likeness (QED) is 0.758. The maximum atomic E-state index is 12.0. The number of esters is 1. The fourth-order valence-corrected chi connectivity index (χ4v) is 3.05. The summed E-state index contributed by atoms with van der Waals surface area (Å²) < 4.78 is 5.11. The number of amides is 1. The second-order valence-corrected chi connectivity index (χ2v) is 5.41. The summed E-state index contributed by atoms with van der Waals surface area (Å²) in [7, 11) is 0. The highest BCUT2D eigenvalue weighted by Crippen LogP contribution is 2.27. The molecule has 0 aromatic carbocycles. The first kappa shape index (κ1) is 14.3. The van der Waals surface area contributed by atoms with Gasteiger partial charge in [-0.15, -0.1) is 0 Å². The molecule has 1 aliphatic carbocycles. The van der Waals surface area contributed by atoms with Gasteiger partial charge in [0.15, 0.2) is 0 Å². The predicted octanol–water partition coefficient (Wildman–Crippen LogP) is 1.07. The molecule has 0 spiro atoms. The van der Waals surface area contributed by atoms with Crippen LogP contribution < -0.4 is 5.32 Å². The van der Waals surface area contributed by atoms with Gasteiger partial charge in [-0.2, -0.15) is 0 Å². The standard InChI is InChI=1S/C14H24N2O3/c1-2-9-19-13(17)10-12-14(18)15-7-8-16(12)11-5-3-4-6-11/h11-12H,2-10H2,1H3,(H,15,18). The zero-order valence-corrected chi connectivity index (χ0v) is 11.7. The Morgan fingerprint density at radius 3 is 2.84 bits per heavy atom. The third-order valence-corrected chi connectivity index (χ3v) is 3.99. The van der Waals surface area contributed by atoms with Crippen LogP contribution >= 0.6 is 0 Å². The van der Waals surface area contributed by atoms with Crippen molar-refractivity contribution in [3.05, 3.63) is 0 Å². The van der Waals surface area contributed by atoms with Crippen LogP contribution in [0, 0.1) is 0 Å². The van der Waals surface area contributed by atoms with Crippen molar-refractivity contribution in [2.24, 2.45) is 0 Å². The van der Waals surface area contributed by atoms with Crippen LogP contribution in [0.25, 0.3) is 0 Å². The van der Waals surface area contributed by atoms with E-state index in [1.54, 1.807) is 0 Å². The Morgan fingerprint density at radius 2 is 2.16 bits per heavy atom. The zero-order chi connectivity index (χ0) is 13.7. The highest BCUT2D eigenvalue weighted by Gasteiger charge is 2.36. The third kappa shape index (κ3) is 3.69. The average molecular weight is 268 g/mol. The molecule has 19 heavy (non-hydrogen) atoms. The fraction of sp³-hybridized carbons (Fsp3) is 0.857. The van der Waals surface area contributed by atoms with Crippen molar-refractivity contribution >= 4 is 11.9 Å². The topological polar surface area (TPSA) is 58.6 Å². The van der Waals surface area contributed by atoms with Gasteiger partial charge in [0.2, 0.25) is 5.91 Å². The number of piperazine rings is 1. The lowest BCUT2D eigenvalue weighted by atomic mass is 10.0. The first-order valence-corrected chi connectivity index (χ1v) is 7.41. The summed E-state index contributed by atoms with van der Waals surface area (Å²) in [6.07, 6.45) is 5.75. The van der Waals surface area contributed by atoms with Gasteiger partial charge in [-0.1, -0.05) is 19.8 Å². The summed E-state index contributed by atoms with van der Waals surface area (Å²) in [5.74, 6) is -0.279. The van der Waals surface area contributed by atoms with E-state index < -0.39 is 0 Å². The SMILES string of the molecule is CCCOC(=O)CC1C(=O)NCCN1C1CCCC1. The number of carbonyl (C=O) groups excluding carboxylic acids is 2. The highest BCUT2D eigenvalue weighted by atomic mass is 16.5. The Labute approximate surface area is 114 Å². The van der Waals surface area contributed by atoms with Crippen LogP contribution in [0.1, 0.15) is 45.4 Å². The fourth-order valence-electron chi connectivity index (χ4n) is 3.05. The Kier molecular flexibility index (Phi) is 5.19. The lowest BCUT2D eigenvalue weighted by molar-refractivity contribution is -0.149. The molecule has 1 amide bonds. The molecule has 2 rings (SSSR count). The summed E-state index contributed by atoms with van der Waals surface area (Å²) in [6.45, 7) is 3.94. The molecule has 5 nitrogen and oxygen atoms in total. The van der Waals surface area contributed by atoms with Gasteiger partial charge in [0.1, 0.15) is 0 Å². The number of nitrogens with zero attached hydrogens (tertiary/aromatic N) is 1. The minimum absolute atomic E-state index is 0.0217. The van der Waals surface area contributed by atoms with Gasteiger partial charge in [0, 0.05) is 19.1 Å². The van der Waals surface area contributed by atoms with Crippen molar-refractivity contribution in [2.75, 3.05) is 19.7 Å². The summed E-state index contributed by atoms with van der Waals surface area (Å²) in [6, 6.07) is 0.135. The monoisotopic (exact) mass is 268 g/mol.